The Labute approximate surface area is 267 Å². The van der Waals surface area contributed by atoms with Gasteiger partial charge in [-0.3, -0.25) is 0 Å². The average Bonchev–Trinajstić information content (AvgIpc) is 2.59. The minimum atomic E-state index is -1.80. The molecule has 0 aromatic heterocycles. The van der Waals surface area contributed by atoms with Crippen molar-refractivity contribution in [3.63, 3.8) is 0 Å². The second-order valence-electron chi connectivity index (χ2n) is 10.0. The molecule has 1 radical (unpaired) electrons. The molecule has 0 saturated carbocycles. The van der Waals surface area contributed by atoms with Gasteiger partial charge in [0.25, 0.3) is 5.09 Å². The summed E-state index contributed by atoms with van der Waals surface area (Å²) < 4.78 is 30.3. The molecule has 0 aliphatic heterocycles. The SMILES string of the molecule is C#C[Si](C)(C)C.O=[N+]([O-])O.[2H]C([2H])(C#C)[Si](C)(C)C.[2H]C([2H])(C#C[Si](C)(C)C)[Si](C)(C)C.[Ag].[C-]#N.[K+]. The first-order valence-electron chi connectivity index (χ1n) is 11.1. The van der Waals surface area contributed by atoms with Crippen LogP contribution in [0, 0.1) is 57.7 Å². The zero-order valence-electron chi connectivity index (χ0n) is 26.1. The molecule has 0 aliphatic rings. The maximum atomic E-state index is 8.36. The van der Waals surface area contributed by atoms with E-state index in [1.165, 1.54) is 0 Å². The van der Waals surface area contributed by atoms with Crippen molar-refractivity contribution in [3.05, 3.63) is 16.7 Å². The van der Waals surface area contributed by atoms with Crippen molar-refractivity contribution in [1.82, 2.24) is 0 Å². The Balaban J connectivity index is -0.0000000643. The van der Waals surface area contributed by atoms with Gasteiger partial charge in [-0.25, -0.2) is 0 Å². The molecule has 183 valence electrons. The van der Waals surface area contributed by atoms with Gasteiger partial charge in [0.1, 0.15) is 16.1 Å². The number of hydrogen-bond donors (Lipinski definition) is 1. The molecule has 5 nitrogen and oxygen atoms in total. The van der Waals surface area contributed by atoms with E-state index in [1.54, 1.807) is 0 Å². The van der Waals surface area contributed by atoms with Crippen LogP contribution in [0.5, 0.6) is 0 Å². The van der Waals surface area contributed by atoms with Crippen LogP contribution in [0.3, 0.4) is 0 Å². The third-order valence-electron chi connectivity index (χ3n) is 1.76. The van der Waals surface area contributed by atoms with Gasteiger partial charge in [0.2, 0.25) is 0 Å². The molecule has 1 N–H and O–H groups in total. The average molecular weight is 635 g/mol. The molecule has 0 amide bonds. The first-order valence-corrected chi connectivity index (χ1v) is 23.1. The van der Waals surface area contributed by atoms with Crippen LogP contribution in [0.25, 0.3) is 0 Å². The second-order valence-corrected chi connectivity index (χ2v) is 29.1. The summed E-state index contributed by atoms with van der Waals surface area (Å²) >= 11 is 0. The van der Waals surface area contributed by atoms with Crippen molar-refractivity contribution in [3.8, 4) is 35.8 Å². The quantitative estimate of drug-likeness (QED) is 0.166. The van der Waals surface area contributed by atoms with Crippen molar-refractivity contribution in [2.24, 2.45) is 0 Å². The zero-order valence-corrected chi connectivity index (χ0v) is 30.7. The summed E-state index contributed by atoms with van der Waals surface area (Å²) in [7, 11) is -6.12. The molecular formula is C21H43AgKN2O3Si4. The van der Waals surface area contributed by atoms with Gasteiger partial charge >= 0.3 is 51.4 Å². The third-order valence-corrected chi connectivity index (χ3v) is 5.27. The topological polar surface area (TPSA) is 87.2 Å². The van der Waals surface area contributed by atoms with Gasteiger partial charge in [0, 0.05) is 39.9 Å². The van der Waals surface area contributed by atoms with Crippen molar-refractivity contribution < 1.29 is 89.5 Å². The third kappa shape index (κ3) is 110. The van der Waals surface area contributed by atoms with Gasteiger partial charge in [0.05, 0.1) is 16.1 Å². The van der Waals surface area contributed by atoms with Crippen molar-refractivity contribution in [2.75, 3.05) is 0 Å². The molecule has 0 atom stereocenters. The fourth-order valence-electron chi connectivity index (χ4n) is 0.623. The Kier molecular flexibility index (Phi) is 30.5. The van der Waals surface area contributed by atoms with Gasteiger partial charge in [-0.15, -0.1) is 45.9 Å². The Morgan fingerprint density at radius 1 is 0.906 bits per heavy atom. The summed E-state index contributed by atoms with van der Waals surface area (Å²) in [5, 5.41) is 19.9. The van der Waals surface area contributed by atoms with E-state index in [4.69, 9.17) is 45.5 Å². The van der Waals surface area contributed by atoms with Gasteiger partial charge in [0.15, 0.2) is 0 Å². The first kappa shape index (κ1) is 37.2. The van der Waals surface area contributed by atoms with Crippen LogP contribution in [0.15, 0.2) is 0 Å². The molecule has 0 aromatic rings. The molecule has 32 heavy (non-hydrogen) atoms. The molecule has 0 fully saturated rings. The fourth-order valence-corrected chi connectivity index (χ4v) is 2.06. The summed E-state index contributed by atoms with van der Waals surface area (Å²) in [4.78, 5) is 8.36. The molecule has 0 spiro atoms. The van der Waals surface area contributed by atoms with E-state index in [1.807, 2.05) is 39.3 Å². The monoisotopic (exact) mass is 633 g/mol. The van der Waals surface area contributed by atoms with Crippen LogP contribution in [-0.2, 0) is 22.4 Å². The maximum absolute atomic E-state index is 8.36. The zero-order chi connectivity index (χ0) is 29.4. The largest absolute Gasteiger partial charge is 1.00 e. The summed E-state index contributed by atoms with van der Waals surface area (Å²) in [5.74, 6) is 2.43. The van der Waals surface area contributed by atoms with E-state index < -0.39 is 49.4 Å². The van der Waals surface area contributed by atoms with Crippen LogP contribution < -0.4 is 51.4 Å². The van der Waals surface area contributed by atoms with E-state index in [2.05, 4.69) is 62.2 Å². The summed E-state index contributed by atoms with van der Waals surface area (Å²) in [6.45, 7) is 29.4. The molecule has 0 heterocycles. The van der Waals surface area contributed by atoms with Crippen LogP contribution in [0.1, 0.15) is 5.48 Å². The molecule has 0 unspecified atom stereocenters. The normalized spacial score (nSPS) is 12.0. The van der Waals surface area contributed by atoms with Crippen molar-refractivity contribution in [1.29, 1.82) is 5.26 Å². The Morgan fingerprint density at radius 3 is 1.25 bits per heavy atom. The molecule has 0 bridgehead atoms. The number of rotatable bonds is 2. The Hall–Kier alpha value is 0.614. The van der Waals surface area contributed by atoms with E-state index in [9.17, 15) is 0 Å². The number of nitrogens with zero attached hydrogens (tertiary/aromatic N) is 2. The predicted molar refractivity (Wildman–Crippen MR) is 142 cm³/mol. The predicted octanol–water partition coefficient (Wildman–Crippen LogP) is 3.41. The molecule has 0 rings (SSSR count). The molecule has 11 heteroatoms. The van der Waals surface area contributed by atoms with Crippen LogP contribution >= 0.6 is 0 Å². The second kappa shape index (κ2) is 26.2. The van der Waals surface area contributed by atoms with Gasteiger partial charge < -0.3 is 17.0 Å². The number of terminal acetylenes is 2. The first-order chi connectivity index (χ1) is 14.6. The fraction of sp³-hybridized carbons (Fsp3) is 0.667. The summed E-state index contributed by atoms with van der Waals surface area (Å²) in [5.41, 5.74) is 5.86. The minimum Gasteiger partial charge on any atom is -0.512 e. The van der Waals surface area contributed by atoms with E-state index in [0.29, 0.717) is 0 Å². The molecule has 0 saturated heterocycles. The maximum Gasteiger partial charge on any atom is 1.00 e. The summed E-state index contributed by atoms with van der Waals surface area (Å²) in [6.07, 6.45) is 10.1. The molecular weight excluding hydrogens is 588 g/mol. The van der Waals surface area contributed by atoms with E-state index in [-0.39, 0.29) is 73.8 Å². The molecule has 0 aliphatic carbocycles. The Bertz CT molecular complexity index is 777. The molecule has 0 aromatic carbocycles. The van der Waals surface area contributed by atoms with Gasteiger partial charge in [-0.1, -0.05) is 78.6 Å². The van der Waals surface area contributed by atoms with Gasteiger partial charge in [-0.05, 0) is 0 Å². The standard InChI is InChI=1S/C9H20Si2.C6H12Si.C5H10Si.CN.Ag.K.HNO3/c1-10(2,3)8-7-9-11(4,5)6;1-5-6-7(2,3)4;1-5-6(2,3)4;1-2;;;2-1(3)4/h8H2,1-6H3;1H,6H2,2-4H3;1H,2-4H3;;;;(H,2,3,4)/q;;;-1;;+1;/i8D2;6D2;;;;;. The van der Waals surface area contributed by atoms with Crippen molar-refractivity contribution in [2.45, 2.75) is 90.6 Å². The van der Waals surface area contributed by atoms with Crippen molar-refractivity contribution >= 4 is 32.3 Å². The smallest absolute Gasteiger partial charge is 0.512 e. The van der Waals surface area contributed by atoms with Crippen LogP contribution in [0.4, 0.5) is 0 Å². The van der Waals surface area contributed by atoms with Crippen LogP contribution in [-0.4, -0.2) is 42.6 Å². The van der Waals surface area contributed by atoms with Gasteiger partial charge in [-0.2, -0.15) is 0 Å². The van der Waals surface area contributed by atoms with E-state index >= 15 is 0 Å². The van der Waals surface area contributed by atoms with E-state index in [0.717, 1.165) is 0 Å². The Morgan fingerprint density at radius 2 is 1.16 bits per heavy atom. The number of hydrogen-bond acceptors (Lipinski definition) is 3. The van der Waals surface area contributed by atoms with Crippen LogP contribution in [0.2, 0.25) is 90.6 Å². The summed E-state index contributed by atoms with van der Waals surface area (Å²) in [6, 6.07) is 0. The minimum absolute atomic E-state index is 0.